The summed E-state index contributed by atoms with van der Waals surface area (Å²) < 4.78 is 5.68. The number of anilines is 1. The van der Waals surface area contributed by atoms with Crippen molar-refractivity contribution in [3.05, 3.63) is 82.0 Å². The van der Waals surface area contributed by atoms with Crippen molar-refractivity contribution < 1.29 is 14.3 Å². The molecule has 2 aromatic heterocycles. The quantitative estimate of drug-likeness (QED) is 0.365. The zero-order valence-corrected chi connectivity index (χ0v) is 26.8. The Balaban J connectivity index is 0.000000195. The van der Waals surface area contributed by atoms with E-state index >= 15 is 0 Å². The highest BCUT2D eigenvalue weighted by molar-refractivity contribution is 6.30. The zero-order valence-electron chi connectivity index (χ0n) is 25.3. The Morgan fingerprint density at radius 2 is 1.66 bits per heavy atom. The van der Waals surface area contributed by atoms with Gasteiger partial charge in [0.05, 0.1) is 5.02 Å². The molecule has 10 nitrogen and oxygen atoms in total. The summed E-state index contributed by atoms with van der Waals surface area (Å²) in [6, 6.07) is 11.8. The van der Waals surface area contributed by atoms with E-state index in [1.807, 2.05) is 19.2 Å². The van der Waals surface area contributed by atoms with Crippen LogP contribution in [0.3, 0.4) is 0 Å². The van der Waals surface area contributed by atoms with Crippen LogP contribution < -0.4 is 10.6 Å². The van der Waals surface area contributed by atoms with Crippen molar-refractivity contribution in [3.63, 3.8) is 0 Å². The van der Waals surface area contributed by atoms with Gasteiger partial charge in [-0.1, -0.05) is 55.6 Å². The summed E-state index contributed by atoms with van der Waals surface area (Å²) >= 11 is 11.8. The minimum atomic E-state index is -1.03. The Bertz CT molecular complexity index is 1440. The number of carbonyl (C=O) groups is 2. The van der Waals surface area contributed by atoms with Crippen LogP contribution in [0.5, 0.6) is 0 Å². The highest BCUT2D eigenvalue weighted by atomic mass is 35.5. The molecule has 2 aliphatic heterocycles. The third-order valence-electron chi connectivity index (χ3n) is 8.65. The first kappa shape index (κ1) is 32.1. The maximum Gasteiger partial charge on any atom is 0.412 e. The van der Waals surface area contributed by atoms with Gasteiger partial charge in [-0.15, -0.1) is 0 Å². The van der Waals surface area contributed by atoms with Crippen molar-refractivity contribution >= 4 is 41.0 Å². The Morgan fingerprint density at radius 1 is 1.00 bits per heavy atom. The molecule has 12 heteroatoms. The number of hydrogen-bond donors (Lipinski definition) is 1. The number of hydrogen-bond acceptors (Lipinski definition) is 8. The summed E-state index contributed by atoms with van der Waals surface area (Å²) in [6.45, 7) is 7.13. The van der Waals surface area contributed by atoms with Crippen LogP contribution in [0.15, 0.2) is 55.0 Å². The third kappa shape index (κ3) is 6.83. The Labute approximate surface area is 268 Å². The first-order valence-electron chi connectivity index (χ1n) is 15.0. The van der Waals surface area contributed by atoms with Gasteiger partial charge in [-0.2, -0.15) is 0 Å². The van der Waals surface area contributed by atoms with Gasteiger partial charge in [0.15, 0.2) is 5.69 Å². The normalized spacial score (nSPS) is 20.0. The number of likely N-dealkylation sites (N-methyl/N-ethyl adjacent to an activating group) is 1. The van der Waals surface area contributed by atoms with Crippen LogP contribution in [0.2, 0.25) is 10.0 Å². The van der Waals surface area contributed by atoms with Gasteiger partial charge in [0.2, 0.25) is 6.23 Å². The lowest BCUT2D eigenvalue weighted by molar-refractivity contribution is 0.0476. The number of halogens is 2. The molecule has 2 N–H and O–H groups in total. The van der Waals surface area contributed by atoms with Gasteiger partial charge in [-0.25, -0.2) is 19.7 Å². The van der Waals surface area contributed by atoms with Crippen molar-refractivity contribution in [2.45, 2.75) is 57.2 Å². The van der Waals surface area contributed by atoms with E-state index in [-0.39, 0.29) is 17.2 Å². The van der Waals surface area contributed by atoms with E-state index < -0.39 is 18.2 Å². The lowest BCUT2D eigenvalue weighted by atomic mass is 9.59. The topological polar surface area (TPSA) is 118 Å². The molecule has 2 fully saturated rings. The first-order valence-corrected chi connectivity index (χ1v) is 15.8. The smallest absolute Gasteiger partial charge is 0.412 e. The van der Waals surface area contributed by atoms with Crippen molar-refractivity contribution in [1.82, 2.24) is 24.8 Å². The standard InChI is InChI=1S/C17H17ClN6O3.C15H22ClN/c1-22-6-8-23(9-7-22)17(26)27-16-14-13(19-4-5-20-14)15(25)24(16)12-3-2-11(18)10-21-12;1-11(2)10-14(17)15(8-3-9-15)12-4-6-13(16)7-5-12/h2-5,10,16H,6-9H2,1H3;4-7,11,14H,3,8-10,17H2,1-2H3/t16-;14-/m00/s1. The van der Waals surface area contributed by atoms with Gasteiger partial charge in [0.25, 0.3) is 5.91 Å². The van der Waals surface area contributed by atoms with E-state index in [1.54, 1.807) is 17.0 Å². The van der Waals surface area contributed by atoms with E-state index in [2.05, 4.69) is 45.8 Å². The highest BCUT2D eigenvalue weighted by Gasteiger charge is 2.45. The van der Waals surface area contributed by atoms with Crippen molar-refractivity contribution in [3.8, 4) is 0 Å². The van der Waals surface area contributed by atoms with Gasteiger partial charge >= 0.3 is 6.09 Å². The summed E-state index contributed by atoms with van der Waals surface area (Å²) in [7, 11) is 2.00. The second kappa shape index (κ2) is 13.8. The molecule has 1 aliphatic carbocycles. The molecule has 1 saturated heterocycles. The number of benzene rings is 1. The minimum absolute atomic E-state index is 0.144. The average Bonchev–Trinajstić information content (AvgIpc) is 3.25. The predicted octanol–water partition coefficient (Wildman–Crippen LogP) is 5.70. The fourth-order valence-corrected chi connectivity index (χ4v) is 6.22. The fourth-order valence-electron chi connectivity index (χ4n) is 5.99. The van der Waals surface area contributed by atoms with Crippen LogP contribution >= 0.6 is 23.2 Å². The van der Waals surface area contributed by atoms with E-state index in [4.69, 9.17) is 33.7 Å². The maximum absolute atomic E-state index is 12.8. The number of fused-ring (bicyclic) bond motifs is 1. The van der Waals surface area contributed by atoms with Gasteiger partial charge in [0, 0.05) is 61.2 Å². The number of nitrogens with zero attached hydrogens (tertiary/aromatic N) is 6. The van der Waals surface area contributed by atoms with Crippen LogP contribution in [0.4, 0.5) is 10.6 Å². The van der Waals surface area contributed by atoms with Crippen LogP contribution in [0.1, 0.15) is 67.5 Å². The van der Waals surface area contributed by atoms with Crippen LogP contribution in [-0.4, -0.2) is 76.0 Å². The predicted molar refractivity (Wildman–Crippen MR) is 171 cm³/mol. The number of aromatic nitrogens is 3. The molecule has 3 aromatic rings. The summed E-state index contributed by atoms with van der Waals surface area (Å²) in [4.78, 5) is 43.0. The fraction of sp³-hybridized carbons (Fsp3) is 0.469. The van der Waals surface area contributed by atoms with Gasteiger partial charge in [-0.05, 0) is 62.1 Å². The molecule has 2 amide bonds. The molecular weight excluding hydrogens is 601 g/mol. The van der Waals surface area contributed by atoms with Gasteiger partial charge in [0.1, 0.15) is 11.5 Å². The summed E-state index contributed by atoms with van der Waals surface area (Å²) in [5.41, 5.74) is 8.48. The largest absolute Gasteiger partial charge is 0.419 e. The number of nitrogens with two attached hydrogens (primary N) is 1. The van der Waals surface area contributed by atoms with E-state index in [0.717, 1.165) is 24.5 Å². The van der Waals surface area contributed by atoms with Crippen LogP contribution in [0, 0.1) is 5.92 Å². The van der Waals surface area contributed by atoms with Crippen molar-refractivity contribution in [2.75, 3.05) is 38.1 Å². The maximum atomic E-state index is 12.8. The molecule has 0 radical (unpaired) electrons. The Hall–Kier alpha value is -3.31. The number of rotatable bonds is 6. The van der Waals surface area contributed by atoms with E-state index in [9.17, 15) is 9.59 Å². The van der Waals surface area contributed by atoms with Crippen LogP contribution in [-0.2, 0) is 10.2 Å². The van der Waals surface area contributed by atoms with Gasteiger partial charge in [-0.3, -0.25) is 9.78 Å². The van der Waals surface area contributed by atoms with E-state index in [0.29, 0.717) is 35.5 Å². The van der Waals surface area contributed by atoms with Crippen molar-refractivity contribution in [1.29, 1.82) is 0 Å². The minimum Gasteiger partial charge on any atom is -0.419 e. The molecule has 234 valence electrons. The van der Waals surface area contributed by atoms with Gasteiger partial charge < -0.3 is 20.3 Å². The van der Waals surface area contributed by atoms with Crippen molar-refractivity contribution in [2.24, 2.45) is 11.7 Å². The SMILES string of the molecule is CC(C)C[C@H](N)C1(c2ccc(Cl)cc2)CCC1.CN1CCN(C(=O)O[C@H]2c3nccnc3C(=O)N2c2ccc(Cl)cn2)CC1. The summed E-state index contributed by atoms with van der Waals surface area (Å²) in [5, 5.41) is 1.24. The molecule has 0 spiro atoms. The summed E-state index contributed by atoms with van der Waals surface area (Å²) in [5.74, 6) is 0.541. The second-order valence-electron chi connectivity index (χ2n) is 12.1. The Morgan fingerprint density at radius 3 is 2.25 bits per heavy atom. The monoisotopic (exact) mass is 639 g/mol. The molecule has 0 bridgehead atoms. The average molecular weight is 641 g/mol. The molecule has 2 atom stereocenters. The summed E-state index contributed by atoms with van der Waals surface area (Å²) in [6.07, 6.45) is 7.63. The lowest BCUT2D eigenvalue weighted by Crippen LogP contribution is -2.50. The number of carbonyl (C=O) groups excluding carboxylic acids is 2. The number of piperazine rings is 1. The number of ether oxygens (including phenoxy) is 1. The van der Waals surface area contributed by atoms with Crippen LogP contribution in [0.25, 0.3) is 0 Å². The molecule has 1 aromatic carbocycles. The molecule has 6 rings (SSSR count). The molecular formula is C32H39Cl2N7O3. The molecule has 3 aliphatic rings. The highest BCUT2D eigenvalue weighted by Crippen LogP contribution is 2.47. The second-order valence-corrected chi connectivity index (χ2v) is 13.0. The van der Waals surface area contributed by atoms with E-state index in [1.165, 1.54) is 48.3 Å². The Kier molecular flexibility index (Phi) is 10.0. The number of amides is 2. The molecule has 4 heterocycles. The third-order valence-corrected chi connectivity index (χ3v) is 9.12. The molecule has 44 heavy (non-hydrogen) atoms. The molecule has 0 unspecified atom stereocenters. The lowest BCUT2D eigenvalue weighted by Gasteiger charge is -2.47. The number of pyridine rings is 1. The zero-order chi connectivity index (χ0) is 31.4. The first-order chi connectivity index (χ1) is 21.1. The molecule has 1 saturated carbocycles.